The average molecular weight is 269 g/mol. The lowest BCUT2D eigenvalue weighted by Crippen LogP contribution is -2.48. The van der Waals surface area contributed by atoms with E-state index in [2.05, 4.69) is 25.7 Å². The van der Waals surface area contributed by atoms with Gasteiger partial charge in [0.15, 0.2) is 0 Å². The van der Waals surface area contributed by atoms with Crippen molar-refractivity contribution in [1.82, 2.24) is 9.80 Å². The van der Waals surface area contributed by atoms with E-state index in [0.29, 0.717) is 0 Å². The molecule has 1 aliphatic rings. The number of carbonyl (C=O) groups excluding carboxylic acids is 1. The first-order valence-corrected chi connectivity index (χ1v) is 7.89. The highest BCUT2D eigenvalue weighted by Crippen LogP contribution is 2.19. The summed E-state index contributed by atoms with van der Waals surface area (Å²) in [6.45, 7) is 11.7. The first kappa shape index (κ1) is 16.4. The molecule has 1 amide bonds. The van der Waals surface area contributed by atoms with Gasteiger partial charge in [0.1, 0.15) is 0 Å². The minimum Gasteiger partial charge on any atom is -0.341 e. The molecule has 0 aromatic carbocycles. The Morgan fingerprint density at radius 3 is 2.32 bits per heavy atom. The predicted molar refractivity (Wildman–Crippen MR) is 80.0 cm³/mol. The van der Waals surface area contributed by atoms with Gasteiger partial charge in [-0.25, -0.2) is 0 Å². The third-order valence-electron chi connectivity index (χ3n) is 4.25. The van der Waals surface area contributed by atoms with Crippen LogP contribution >= 0.6 is 0 Å². The molecule has 1 fully saturated rings. The Balaban J connectivity index is 2.34. The molecule has 0 saturated carbocycles. The number of hydrogen-bond acceptors (Lipinski definition) is 3. The molecular weight excluding hydrogens is 238 g/mol. The fraction of sp³-hybridized carbons (Fsp3) is 0.933. The second-order valence-electron chi connectivity index (χ2n) is 5.65. The van der Waals surface area contributed by atoms with E-state index in [-0.39, 0.29) is 11.9 Å². The van der Waals surface area contributed by atoms with E-state index in [1.807, 2.05) is 4.90 Å². The van der Waals surface area contributed by atoms with E-state index < -0.39 is 0 Å². The van der Waals surface area contributed by atoms with Gasteiger partial charge in [0.05, 0.1) is 6.04 Å². The van der Waals surface area contributed by atoms with Crippen LogP contribution in [0.4, 0.5) is 0 Å². The molecule has 4 nitrogen and oxygen atoms in total. The van der Waals surface area contributed by atoms with Crippen molar-refractivity contribution in [1.29, 1.82) is 0 Å². The third-order valence-corrected chi connectivity index (χ3v) is 4.25. The zero-order valence-electron chi connectivity index (χ0n) is 12.9. The fourth-order valence-corrected chi connectivity index (χ4v) is 2.85. The summed E-state index contributed by atoms with van der Waals surface area (Å²) in [6, 6.07) is -0.288. The van der Waals surface area contributed by atoms with E-state index in [0.717, 1.165) is 57.8 Å². The number of nitrogens with zero attached hydrogens (tertiary/aromatic N) is 2. The molecule has 112 valence electrons. The Kier molecular flexibility index (Phi) is 7.39. The summed E-state index contributed by atoms with van der Waals surface area (Å²) < 4.78 is 0. The van der Waals surface area contributed by atoms with Crippen LogP contribution in [0.25, 0.3) is 0 Å². The number of hydrogen-bond donors (Lipinski definition) is 1. The SMILES string of the molecule is CCCC(N)C(=O)N1CCC(CN(CC)CC)CC1. The number of likely N-dealkylation sites (tertiary alicyclic amines) is 1. The molecule has 0 aliphatic carbocycles. The van der Waals surface area contributed by atoms with Crippen molar-refractivity contribution in [3.8, 4) is 0 Å². The lowest BCUT2D eigenvalue weighted by Gasteiger charge is -2.35. The van der Waals surface area contributed by atoms with Crippen LogP contribution < -0.4 is 5.73 Å². The highest BCUT2D eigenvalue weighted by Gasteiger charge is 2.26. The van der Waals surface area contributed by atoms with Gasteiger partial charge in [0, 0.05) is 19.6 Å². The van der Waals surface area contributed by atoms with Gasteiger partial charge in [-0.1, -0.05) is 27.2 Å². The smallest absolute Gasteiger partial charge is 0.239 e. The van der Waals surface area contributed by atoms with Crippen LogP contribution in [0.2, 0.25) is 0 Å². The van der Waals surface area contributed by atoms with Gasteiger partial charge in [-0.3, -0.25) is 4.79 Å². The molecule has 4 heteroatoms. The Bertz CT molecular complexity index is 258. The van der Waals surface area contributed by atoms with Crippen molar-refractivity contribution >= 4 is 5.91 Å². The minimum atomic E-state index is -0.288. The largest absolute Gasteiger partial charge is 0.341 e. The van der Waals surface area contributed by atoms with Crippen LogP contribution in [0.1, 0.15) is 46.5 Å². The summed E-state index contributed by atoms with van der Waals surface area (Å²) in [5, 5.41) is 0. The van der Waals surface area contributed by atoms with Gasteiger partial charge in [-0.05, 0) is 38.3 Å². The Hall–Kier alpha value is -0.610. The van der Waals surface area contributed by atoms with Gasteiger partial charge in [-0.2, -0.15) is 0 Å². The molecule has 0 spiro atoms. The standard InChI is InChI=1S/C15H31N3O/c1-4-7-14(16)15(19)18-10-8-13(9-11-18)12-17(5-2)6-3/h13-14H,4-12,16H2,1-3H3. The second-order valence-corrected chi connectivity index (χ2v) is 5.65. The number of piperidine rings is 1. The summed E-state index contributed by atoms with van der Waals surface area (Å²) in [5.41, 5.74) is 5.92. The van der Waals surface area contributed by atoms with E-state index in [1.54, 1.807) is 0 Å². The minimum absolute atomic E-state index is 0.156. The van der Waals surface area contributed by atoms with Crippen LogP contribution in [-0.4, -0.2) is 54.5 Å². The molecule has 2 N–H and O–H groups in total. The van der Waals surface area contributed by atoms with Gasteiger partial charge in [0.2, 0.25) is 5.91 Å². The first-order valence-electron chi connectivity index (χ1n) is 7.89. The lowest BCUT2D eigenvalue weighted by atomic mass is 9.95. The molecule has 0 aromatic heterocycles. The van der Waals surface area contributed by atoms with Crippen molar-refractivity contribution in [3.63, 3.8) is 0 Å². The second kappa shape index (κ2) is 8.54. The lowest BCUT2D eigenvalue weighted by molar-refractivity contribution is -0.134. The molecule has 1 atom stereocenters. The molecule has 0 bridgehead atoms. The summed E-state index contributed by atoms with van der Waals surface area (Å²) in [4.78, 5) is 16.6. The summed E-state index contributed by atoms with van der Waals surface area (Å²) >= 11 is 0. The van der Waals surface area contributed by atoms with Gasteiger partial charge >= 0.3 is 0 Å². The summed E-state index contributed by atoms with van der Waals surface area (Å²) in [6.07, 6.45) is 4.03. The van der Waals surface area contributed by atoms with Crippen LogP contribution in [-0.2, 0) is 4.79 Å². The number of rotatable bonds is 7. The molecule has 1 aliphatic heterocycles. The maximum absolute atomic E-state index is 12.1. The highest BCUT2D eigenvalue weighted by atomic mass is 16.2. The molecule has 19 heavy (non-hydrogen) atoms. The Morgan fingerprint density at radius 2 is 1.84 bits per heavy atom. The van der Waals surface area contributed by atoms with E-state index in [1.165, 1.54) is 6.54 Å². The number of carbonyl (C=O) groups is 1. The van der Waals surface area contributed by atoms with E-state index in [9.17, 15) is 4.79 Å². The Morgan fingerprint density at radius 1 is 1.26 bits per heavy atom. The molecule has 1 rings (SSSR count). The molecule has 0 radical (unpaired) electrons. The van der Waals surface area contributed by atoms with Crippen molar-refractivity contribution < 1.29 is 4.79 Å². The van der Waals surface area contributed by atoms with E-state index in [4.69, 9.17) is 5.73 Å². The zero-order valence-corrected chi connectivity index (χ0v) is 12.9. The maximum atomic E-state index is 12.1. The van der Waals surface area contributed by atoms with Crippen LogP contribution in [0.15, 0.2) is 0 Å². The van der Waals surface area contributed by atoms with Crippen LogP contribution in [0.5, 0.6) is 0 Å². The summed E-state index contributed by atoms with van der Waals surface area (Å²) in [7, 11) is 0. The van der Waals surface area contributed by atoms with Crippen LogP contribution in [0.3, 0.4) is 0 Å². The van der Waals surface area contributed by atoms with Crippen molar-refractivity contribution in [2.24, 2.45) is 11.7 Å². The third kappa shape index (κ3) is 5.11. The molecule has 1 heterocycles. The first-order chi connectivity index (χ1) is 9.12. The maximum Gasteiger partial charge on any atom is 0.239 e. The van der Waals surface area contributed by atoms with Gasteiger partial charge in [0.25, 0.3) is 0 Å². The van der Waals surface area contributed by atoms with E-state index >= 15 is 0 Å². The fourth-order valence-electron chi connectivity index (χ4n) is 2.85. The van der Waals surface area contributed by atoms with Crippen molar-refractivity contribution in [2.45, 2.75) is 52.5 Å². The molecule has 0 aromatic rings. The normalized spacial score (nSPS) is 18.9. The number of amides is 1. The number of nitrogens with two attached hydrogens (primary N) is 1. The molecular formula is C15H31N3O. The monoisotopic (exact) mass is 269 g/mol. The molecule has 1 unspecified atom stereocenters. The quantitative estimate of drug-likeness (QED) is 0.765. The van der Waals surface area contributed by atoms with Crippen molar-refractivity contribution in [2.75, 3.05) is 32.7 Å². The highest BCUT2D eigenvalue weighted by molar-refractivity contribution is 5.81. The van der Waals surface area contributed by atoms with Crippen LogP contribution in [0, 0.1) is 5.92 Å². The zero-order chi connectivity index (χ0) is 14.3. The average Bonchev–Trinajstić information content (AvgIpc) is 2.45. The Labute approximate surface area is 118 Å². The molecule has 1 saturated heterocycles. The van der Waals surface area contributed by atoms with Crippen molar-refractivity contribution in [3.05, 3.63) is 0 Å². The topological polar surface area (TPSA) is 49.6 Å². The summed E-state index contributed by atoms with van der Waals surface area (Å²) in [5.74, 6) is 0.898. The predicted octanol–water partition coefficient (Wildman–Crippen LogP) is 1.69. The van der Waals surface area contributed by atoms with Gasteiger partial charge < -0.3 is 15.5 Å². The van der Waals surface area contributed by atoms with Gasteiger partial charge in [-0.15, -0.1) is 0 Å².